The van der Waals surface area contributed by atoms with E-state index in [9.17, 15) is 32.3 Å². The highest BCUT2D eigenvalue weighted by Gasteiger charge is 2.57. The number of likely N-dealkylation sites (tertiary alicyclic amines) is 1. The number of halogens is 4. The number of ether oxygens (including phenoxy) is 1. The Hall–Kier alpha value is -4.41. The molecule has 1 saturated heterocycles. The lowest BCUT2D eigenvalue weighted by Gasteiger charge is -2.22. The number of fused-ring (bicyclic) bond motifs is 1. The van der Waals surface area contributed by atoms with Gasteiger partial charge in [-0.1, -0.05) is 18.2 Å². The van der Waals surface area contributed by atoms with E-state index in [1.54, 1.807) is 18.2 Å². The van der Waals surface area contributed by atoms with Gasteiger partial charge in [0, 0.05) is 12.1 Å². The number of anilines is 1. The molecule has 38 heavy (non-hydrogen) atoms. The number of phenolic OH excluding ortho intramolecular Hbond substituents is 1. The van der Waals surface area contributed by atoms with Crippen molar-refractivity contribution in [2.24, 2.45) is 11.0 Å². The summed E-state index contributed by atoms with van der Waals surface area (Å²) in [5.74, 6) is -2.83. The van der Waals surface area contributed by atoms with Gasteiger partial charge in [-0.3, -0.25) is 19.5 Å². The highest BCUT2D eigenvalue weighted by molar-refractivity contribution is 6.26. The van der Waals surface area contributed by atoms with Crippen molar-refractivity contribution in [3.05, 3.63) is 89.2 Å². The maximum absolute atomic E-state index is 13.6. The lowest BCUT2D eigenvalue weighted by molar-refractivity contribution is -0.139. The van der Waals surface area contributed by atoms with E-state index in [4.69, 9.17) is 4.74 Å². The number of hydrazone groups is 1. The molecule has 0 aliphatic carbocycles. The fourth-order valence-corrected chi connectivity index (χ4v) is 4.72. The van der Waals surface area contributed by atoms with Gasteiger partial charge in [-0.2, -0.15) is 18.3 Å². The van der Waals surface area contributed by atoms with Gasteiger partial charge in [0.05, 0.1) is 24.1 Å². The summed E-state index contributed by atoms with van der Waals surface area (Å²) in [5, 5.41) is 16.4. The molecule has 3 aromatic rings. The Bertz CT molecular complexity index is 1420. The second kappa shape index (κ2) is 9.47. The molecule has 2 amide bonds. The van der Waals surface area contributed by atoms with Crippen LogP contribution in [0.4, 0.5) is 23.2 Å². The third kappa shape index (κ3) is 4.33. The predicted molar refractivity (Wildman–Crippen MR) is 129 cm³/mol. The van der Waals surface area contributed by atoms with E-state index in [0.29, 0.717) is 5.56 Å². The molecule has 2 atom stereocenters. The monoisotopic (exact) mass is 527 g/mol. The van der Waals surface area contributed by atoms with Crippen LogP contribution in [-0.4, -0.2) is 47.2 Å². The van der Waals surface area contributed by atoms with Gasteiger partial charge >= 0.3 is 6.18 Å². The first-order valence-electron chi connectivity index (χ1n) is 11.6. The fraction of sp³-hybridized carbons (Fsp3) is 0.222. The number of carbonyl (C=O) groups is 2. The number of amides is 2. The van der Waals surface area contributed by atoms with Crippen molar-refractivity contribution < 1.29 is 37.0 Å². The Morgan fingerprint density at radius 2 is 1.66 bits per heavy atom. The standard InChI is InChI=1S/C27H21F4N3O4/c1-38-20-4-2-3-19(24(20)35)22-21-23(34(32-22)18-11-7-16(8-12-18)27(29,30)31)26(37)33(25(21)36)14-13-15-5-9-17(28)10-6-15/h2-12,21,23,35H,13-14H2,1H3. The third-order valence-corrected chi connectivity index (χ3v) is 6.63. The van der Waals surface area contributed by atoms with Gasteiger partial charge in [-0.05, 0) is 60.5 Å². The summed E-state index contributed by atoms with van der Waals surface area (Å²) in [6.45, 7) is 0.00846. The maximum atomic E-state index is 13.6. The molecule has 0 radical (unpaired) electrons. The molecule has 0 spiro atoms. The number of para-hydroxylation sites is 1. The van der Waals surface area contributed by atoms with Gasteiger partial charge in [0.1, 0.15) is 17.8 Å². The lowest BCUT2D eigenvalue weighted by Crippen LogP contribution is -2.39. The molecule has 196 valence electrons. The van der Waals surface area contributed by atoms with Crippen LogP contribution in [-0.2, 0) is 22.2 Å². The number of nitrogens with zero attached hydrogens (tertiary/aromatic N) is 3. The van der Waals surface area contributed by atoms with E-state index in [2.05, 4.69) is 5.10 Å². The first-order valence-corrected chi connectivity index (χ1v) is 11.6. The number of phenols is 1. The molecule has 0 aromatic heterocycles. The molecule has 1 fully saturated rings. The first kappa shape index (κ1) is 25.2. The summed E-state index contributed by atoms with van der Waals surface area (Å²) < 4.78 is 57.8. The van der Waals surface area contributed by atoms with Gasteiger partial charge in [-0.25, -0.2) is 4.39 Å². The van der Waals surface area contributed by atoms with E-state index in [0.717, 1.165) is 17.0 Å². The number of hydrogen-bond donors (Lipinski definition) is 1. The molecule has 11 heteroatoms. The van der Waals surface area contributed by atoms with Gasteiger partial charge in [-0.15, -0.1) is 0 Å². The van der Waals surface area contributed by atoms with Gasteiger partial charge in [0.25, 0.3) is 5.91 Å². The number of benzene rings is 3. The fourth-order valence-electron chi connectivity index (χ4n) is 4.72. The number of alkyl halides is 3. The van der Waals surface area contributed by atoms with Crippen LogP contribution in [0, 0.1) is 11.7 Å². The number of aromatic hydroxyl groups is 1. The summed E-state index contributed by atoms with van der Waals surface area (Å²) in [7, 11) is 1.36. The molecule has 2 unspecified atom stereocenters. The lowest BCUT2D eigenvalue weighted by atomic mass is 9.92. The van der Waals surface area contributed by atoms with E-state index < -0.39 is 41.3 Å². The summed E-state index contributed by atoms with van der Waals surface area (Å²) in [6, 6.07) is 13.2. The summed E-state index contributed by atoms with van der Waals surface area (Å²) in [4.78, 5) is 28.2. The molecular formula is C27H21F4N3O4. The second-order valence-corrected chi connectivity index (χ2v) is 8.86. The largest absolute Gasteiger partial charge is 0.504 e. The van der Waals surface area contributed by atoms with Crippen molar-refractivity contribution >= 4 is 23.2 Å². The quantitative estimate of drug-likeness (QED) is 0.380. The SMILES string of the molecule is COc1cccc(C2=NN(c3ccc(C(F)(F)F)cc3)C3C(=O)N(CCc4ccc(F)cc4)C(=O)C23)c1O. The predicted octanol–water partition coefficient (Wildman–Crippen LogP) is 4.38. The first-order chi connectivity index (χ1) is 18.1. The molecule has 2 aliphatic heterocycles. The molecule has 2 heterocycles. The molecule has 2 aliphatic rings. The van der Waals surface area contributed by atoms with Crippen LogP contribution in [0.2, 0.25) is 0 Å². The van der Waals surface area contributed by atoms with Crippen molar-refractivity contribution in [2.75, 3.05) is 18.7 Å². The van der Waals surface area contributed by atoms with Gasteiger partial charge < -0.3 is 9.84 Å². The second-order valence-electron chi connectivity index (χ2n) is 8.86. The molecule has 3 aromatic carbocycles. The Balaban J connectivity index is 1.53. The Morgan fingerprint density at radius 3 is 2.29 bits per heavy atom. The van der Waals surface area contributed by atoms with Crippen LogP contribution in [0.1, 0.15) is 16.7 Å². The molecule has 0 bridgehead atoms. The smallest absolute Gasteiger partial charge is 0.416 e. The Labute approximate surface area is 214 Å². The molecule has 1 N–H and O–H groups in total. The van der Waals surface area contributed by atoms with Crippen molar-refractivity contribution in [1.82, 2.24) is 4.90 Å². The van der Waals surface area contributed by atoms with Gasteiger partial charge in [0.2, 0.25) is 5.91 Å². The Morgan fingerprint density at radius 1 is 0.974 bits per heavy atom. The van der Waals surface area contributed by atoms with Crippen LogP contribution >= 0.6 is 0 Å². The van der Waals surface area contributed by atoms with Crippen LogP contribution in [0.15, 0.2) is 71.8 Å². The highest BCUT2D eigenvalue weighted by atomic mass is 19.4. The molecule has 7 nitrogen and oxygen atoms in total. The van der Waals surface area contributed by atoms with E-state index >= 15 is 0 Å². The van der Waals surface area contributed by atoms with Crippen molar-refractivity contribution in [3.63, 3.8) is 0 Å². The number of carbonyl (C=O) groups excluding carboxylic acids is 2. The van der Waals surface area contributed by atoms with Crippen LogP contribution in [0.3, 0.4) is 0 Å². The van der Waals surface area contributed by atoms with Crippen LogP contribution in [0.5, 0.6) is 11.5 Å². The topological polar surface area (TPSA) is 82.4 Å². The number of imide groups is 1. The van der Waals surface area contributed by atoms with Crippen LogP contribution in [0.25, 0.3) is 0 Å². The minimum absolute atomic E-state index is 0.00846. The number of hydrogen-bond acceptors (Lipinski definition) is 6. The van der Waals surface area contributed by atoms with Gasteiger partial charge in [0.15, 0.2) is 11.5 Å². The van der Waals surface area contributed by atoms with Crippen molar-refractivity contribution in [2.45, 2.75) is 18.6 Å². The zero-order valence-electron chi connectivity index (χ0n) is 19.9. The number of methoxy groups -OCH3 is 1. The van der Waals surface area contributed by atoms with Crippen LogP contribution < -0.4 is 9.75 Å². The summed E-state index contributed by atoms with van der Waals surface area (Å²) in [5.41, 5.74) is 0.264. The normalized spacial score (nSPS) is 19.1. The zero-order chi connectivity index (χ0) is 27.2. The zero-order valence-corrected chi connectivity index (χ0v) is 19.9. The van der Waals surface area contributed by atoms with E-state index in [1.165, 1.54) is 48.5 Å². The van der Waals surface area contributed by atoms with Crippen molar-refractivity contribution in [1.29, 1.82) is 0 Å². The minimum atomic E-state index is -4.55. The number of rotatable bonds is 6. The minimum Gasteiger partial charge on any atom is -0.504 e. The molecule has 0 saturated carbocycles. The Kier molecular flexibility index (Phi) is 6.29. The highest BCUT2D eigenvalue weighted by Crippen LogP contribution is 2.41. The van der Waals surface area contributed by atoms with E-state index in [-0.39, 0.29) is 41.4 Å². The summed E-state index contributed by atoms with van der Waals surface area (Å²) in [6.07, 6.45) is -4.28. The third-order valence-electron chi connectivity index (χ3n) is 6.63. The average Bonchev–Trinajstić information content (AvgIpc) is 3.40. The molecule has 5 rings (SSSR count). The van der Waals surface area contributed by atoms with E-state index in [1.807, 2.05) is 0 Å². The maximum Gasteiger partial charge on any atom is 0.416 e. The van der Waals surface area contributed by atoms with Crippen molar-refractivity contribution in [3.8, 4) is 11.5 Å². The summed E-state index contributed by atoms with van der Waals surface area (Å²) >= 11 is 0. The average molecular weight is 527 g/mol. The molecular weight excluding hydrogens is 506 g/mol.